The fourth-order valence-corrected chi connectivity index (χ4v) is 3.13. The third-order valence-corrected chi connectivity index (χ3v) is 5.39. The van der Waals surface area contributed by atoms with E-state index >= 15 is 0 Å². The first-order valence-corrected chi connectivity index (χ1v) is 12.3. The maximum absolute atomic E-state index is 12.3. The molecule has 0 fully saturated rings. The quantitative estimate of drug-likeness (QED) is 0.116. The summed E-state index contributed by atoms with van der Waals surface area (Å²) in [6.45, 7) is 15.6. The second-order valence-corrected chi connectivity index (χ2v) is 9.11. The minimum absolute atomic E-state index is 0.281. The molecule has 3 rings (SSSR count). The van der Waals surface area contributed by atoms with Gasteiger partial charge >= 0.3 is 17.9 Å². The van der Waals surface area contributed by atoms with Gasteiger partial charge in [0.1, 0.15) is 17.2 Å². The van der Waals surface area contributed by atoms with E-state index in [-0.39, 0.29) is 5.57 Å². The topological polar surface area (TPSA) is 78.9 Å². The molecule has 0 aliphatic carbocycles. The average Bonchev–Trinajstić information content (AvgIpc) is 2.92. The van der Waals surface area contributed by atoms with E-state index in [1.165, 1.54) is 0 Å². The molecule has 0 saturated carbocycles. The van der Waals surface area contributed by atoms with Gasteiger partial charge in [-0.15, -0.1) is 0 Å². The van der Waals surface area contributed by atoms with E-state index in [9.17, 15) is 14.4 Å². The molecule has 0 radical (unpaired) electrons. The second kappa shape index (κ2) is 13.5. The zero-order valence-corrected chi connectivity index (χ0v) is 22.7. The zero-order valence-electron chi connectivity index (χ0n) is 22.7. The monoisotopic (exact) mass is 534 g/mol. The van der Waals surface area contributed by atoms with Crippen LogP contribution in [-0.4, -0.2) is 17.9 Å². The van der Waals surface area contributed by atoms with E-state index in [1.54, 1.807) is 63.2 Å². The van der Waals surface area contributed by atoms with Gasteiger partial charge in [-0.2, -0.15) is 0 Å². The summed E-state index contributed by atoms with van der Waals surface area (Å²) in [5.74, 6) is -0.268. The highest BCUT2D eigenvalue weighted by molar-refractivity contribution is 5.90. The fraction of sp³-hybridized carbons (Fsp3) is 0.0882. The Morgan fingerprint density at radius 2 is 0.900 bits per heavy atom. The highest BCUT2D eigenvalue weighted by Crippen LogP contribution is 2.26. The summed E-state index contributed by atoms with van der Waals surface area (Å²) in [6.07, 6.45) is 7.46. The number of benzene rings is 3. The number of rotatable bonds is 10. The summed E-state index contributed by atoms with van der Waals surface area (Å²) in [5.41, 5.74) is 4.16. The number of carbonyl (C=O) groups is 3. The second-order valence-electron chi connectivity index (χ2n) is 9.11. The lowest BCUT2D eigenvalue weighted by molar-refractivity contribution is -0.130. The average molecular weight is 535 g/mol. The van der Waals surface area contributed by atoms with Crippen LogP contribution < -0.4 is 14.2 Å². The van der Waals surface area contributed by atoms with Gasteiger partial charge in [-0.25, -0.2) is 14.4 Å². The lowest BCUT2D eigenvalue weighted by atomic mass is 10.1. The Balaban J connectivity index is 1.79. The van der Waals surface area contributed by atoms with Crippen LogP contribution in [0.5, 0.6) is 17.2 Å². The van der Waals surface area contributed by atoms with Crippen LogP contribution >= 0.6 is 0 Å². The largest absolute Gasteiger partial charge is 0.423 e. The Morgan fingerprint density at radius 1 is 0.525 bits per heavy atom. The van der Waals surface area contributed by atoms with Gasteiger partial charge in [0.2, 0.25) is 0 Å². The molecule has 0 bridgehead atoms. The number of ether oxygens (including phenoxy) is 3. The Hall–Kier alpha value is -5.23. The van der Waals surface area contributed by atoms with Crippen molar-refractivity contribution in [2.24, 2.45) is 0 Å². The molecule has 0 aromatic heterocycles. The molecular formula is C34H30O6. The van der Waals surface area contributed by atoms with Gasteiger partial charge in [-0.3, -0.25) is 0 Å². The normalized spacial score (nSPS) is 10.8. The van der Waals surface area contributed by atoms with Crippen LogP contribution in [0, 0.1) is 0 Å². The van der Waals surface area contributed by atoms with Crippen molar-refractivity contribution in [1.82, 2.24) is 0 Å². The molecule has 40 heavy (non-hydrogen) atoms. The zero-order chi connectivity index (χ0) is 29.2. The molecule has 202 valence electrons. The SMILES string of the molecule is C=C(C)C(=O)Oc1ccc(/C=C/c2ccc(/C=C/c3ccc(OC(=O)C(=C)C)cc3)c(OC(=O)C(=C)C)c2)cc1. The van der Waals surface area contributed by atoms with Crippen molar-refractivity contribution in [2.75, 3.05) is 0 Å². The standard InChI is InChI=1S/C34H30O6/c1-22(2)32(35)38-29-17-11-25(12-18-29)7-8-27-10-16-28(31(21-27)40-34(37)24(5)6)15-9-26-13-19-30(20-14-26)39-33(36)23(3)4/h7-21H,1,3,5H2,2,4,6H3/b8-7+,15-9+. The van der Waals surface area contributed by atoms with Gasteiger partial charge in [0.25, 0.3) is 0 Å². The van der Waals surface area contributed by atoms with Crippen LogP contribution in [0.3, 0.4) is 0 Å². The number of esters is 3. The van der Waals surface area contributed by atoms with E-state index in [0.717, 1.165) is 16.7 Å². The number of carbonyl (C=O) groups excluding carboxylic acids is 3. The maximum Gasteiger partial charge on any atom is 0.338 e. The molecule has 0 saturated heterocycles. The predicted octanol–water partition coefficient (Wildman–Crippen LogP) is 7.47. The first kappa shape index (κ1) is 29.3. The van der Waals surface area contributed by atoms with E-state index in [1.807, 2.05) is 48.6 Å². The molecule has 0 spiro atoms. The van der Waals surface area contributed by atoms with E-state index < -0.39 is 17.9 Å². The van der Waals surface area contributed by atoms with Crippen molar-refractivity contribution < 1.29 is 28.6 Å². The van der Waals surface area contributed by atoms with Gasteiger partial charge in [0, 0.05) is 22.3 Å². The minimum atomic E-state index is -0.528. The van der Waals surface area contributed by atoms with Gasteiger partial charge < -0.3 is 14.2 Å². The van der Waals surface area contributed by atoms with E-state index in [0.29, 0.717) is 34.0 Å². The Morgan fingerprint density at radius 3 is 1.35 bits per heavy atom. The third-order valence-electron chi connectivity index (χ3n) is 5.39. The lowest BCUT2D eigenvalue weighted by Gasteiger charge is -2.09. The Bertz CT molecular complexity index is 1520. The molecule has 3 aromatic carbocycles. The smallest absolute Gasteiger partial charge is 0.338 e. The van der Waals surface area contributed by atoms with Crippen molar-refractivity contribution in [1.29, 1.82) is 0 Å². The lowest BCUT2D eigenvalue weighted by Crippen LogP contribution is -2.09. The van der Waals surface area contributed by atoms with Crippen LogP contribution in [0.1, 0.15) is 43.0 Å². The summed E-state index contributed by atoms with van der Waals surface area (Å²) in [4.78, 5) is 35.7. The van der Waals surface area contributed by atoms with Crippen LogP contribution in [0.25, 0.3) is 24.3 Å². The van der Waals surface area contributed by atoms with Crippen molar-refractivity contribution in [3.8, 4) is 17.2 Å². The van der Waals surface area contributed by atoms with Crippen molar-refractivity contribution in [3.63, 3.8) is 0 Å². The van der Waals surface area contributed by atoms with Crippen LogP contribution in [-0.2, 0) is 14.4 Å². The molecule has 0 N–H and O–H groups in total. The van der Waals surface area contributed by atoms with Gasteiger partial charge in [0.05, 0.1) is 0 Å². The molecule has 0 amide bonds. The number of hydrogen-bond donors (Lipinski definition) is 0. The summed E-state index contributed by atoms with van der Waals surface area (Å²) >= 11 is 0. The summed E-state index contributed by atoms with van der Waals surface area (Å²) in [7, 11) is 0. The van der Waals surface area contributed by atoms with Crippen LogP contribution in [0.15, 0.2) is 103 Å². The number of hydrogen-bond acceptors (Lipinski definition) is 6. The highest BCUT2D eigenvalue weighted by atomic mass is 16.5. The molecule has 6 nitrogen and oxygen atoms in total. The van der Waals surface area contributed by atoms with Gasteiger partial charge in [-0.1, -0.05) is 80.4 Å². The van der Waals surface area contributed by atoms with Gasteiger partial charge in [0.15, 0.2) is 0 Å². The Kier molecular flexibility index (Phi) is 9.92. The molecule has 0 aliphatic heterocycles. The molecule has 0 aliphatic rings. The molecule has 0 heterocycles. The summed E-state index contributed by atoms with van der Waals surface area (Å²) in [6, 6.07) is 19.5. The molecule has 3 aromatic rings. The molecular weight excluding hydrogens is 504 g/mol. The molecule has 0 unspecified atom stereocenters. The van der Waals surface area contributed by atoms with E-state index in [2.05, 4.69) is 19.7 Å². The molecule has 0 atom stereocenters. The summed E-state index contributed by atoms with van der Waals surface area (Å²) < 4.78 is 16.0. The first-order valence-electron chi connectivity index (χ1n) is 12.3. The van der Waals surface area contributed by atoms with Crippen molar-refractivity contribution in [2.45, 2.75) is 20.8 Å². The van der Waals surface area contributed by atoms with Crippen LogP contribution in [0.2, 0.25) is 0 Å². The third kappa shape index (κ3) is 8.67. The summed E-state index contributed by atoms with van der Waals surface area (Å²) in [5, 5.41) is 0. The van der Waals surface area contributed by atoms with Crippen molar-refractivity contribution >= 4 is 42.2 Å². The van der Waals surface area contributed by atoms with Crippen molar-refractivity contribution in [3.05, 3.63) is 125 Å². The highest BCUT2D eigenvalue weighted by Gasteiger charge is 2.10. The fourth-order valence-electron chi connectivity index (χ4n) is 3.13. The van der Waals surface area contributed by atoms with Crippen LogP contribution in [0.4, 0.5) is 0 Å². The Labute approximate surface area is 234 Å². The molecule has 6 heteroatoms. The van der Waals surface area contributed by atoms with Gasteiger partial charge in [-0.05, 0) is 67.8 Å². The van der Waals surface area contributed by atoms with E-state index in [4.69, 9.17) is 14.2 Å². The predicted molar refractivity (Wildman–Crippen MR) is 159 cm³/mol. The maximum atomic E-state index is 12.3. The first-order chi connectivity index (χ1) is 19.0. The minimum Gasteiger partial charge on any atom is -0.423 e.